The fourth-order valence-corrected chi connectivity index (χ4v) is 2.78. The first-order chi connectivity index (χ1) is 23.4. The molecule has 3 aromatic rings. The molecule has 0 atom stereocenters. The average molecular weight is 1030 g/mol. The van der Waals surface area contributed by atoms with Crippen molar-refractivity contribution >= 4 is 75.1 Å². The van der Waals surface area contributed by atoms with Crippen molar-refractivity contribution in [2.75, 3.05) is 0 Å². The SMILES string of the molecule is CC(=O)/C=C/c1ccc(OC(C)C)c(O)c1.CC(C)Br.CC(C)Oc1ccc(C=O)cc1O.O=CO[O-].O=Cc1ccc(O)c(O)c1.[Br][Cu][Br].[H-].[K+].[K+]. The number of phenolic OH excluding ortho intramolecular Hbond substituents is 4. The molecule has 0 aliphatic rings. The summed E-state index contributed by atoms with van der Waals surface area (Å²) in [6.07, 6.45) is 4.41. The maximum absolute atomic E-state index is 10.7. The zero-order valence-electron chi connectivity index (χ0n) is 31.3. The number of ketones is 1. The number of halogens is 3. The van der Waals surface area contributed by atoms with Crippen molar-refractivity contribution in [3.05, 3.63) is 77.4 Å². The molecule has 0 spiro atoms. The van der Waals surface area contributed by atoms with Crippen LogP contribution >= 0.6 is 44.2 Å². The van der Waals surface area contributed by atoms with Gasteiger partial charge < -0.3 is 41.5 Å². The molecule has 12 nitrogen and oxygen atoms in total. The standard InChI is InChI=1S/C13H16O3.C10H12O3.C7H6O3.C3H7Br.CH2O3.2BrH.Cu.2K.H/c1-9(2)16-13-7-6-11(8-12(13)15)5-4-10(3)14;1-7(2)13-10-4-3-8(6-11)5-9(10)12;8-4-5-1-2-6(9)7(10)3-5;1-3(2)4;2-1-4-3;;;;;;/h4-9,15H,1-3H3;3-7,12H,1-2H3;1-4,9-10H;3H,1-2H3;1,3H;2*1H;;;;/q;;;;;;;+2;2*+1;-1/p-3/b5-4+;;;;;;;;;;. The van der Waals surface area contributed by atoms with Gasteiger partial charge >= 0.3 is 142 Å². The second-order valence-corrected chi connectivity index (χ2v) is 16.5. The fraction of sp³-hybridized carbons (Fsp3) is 0.294. The number of carbonyl (C=O) groups is 4. The molecule has 0 aromatic heterocycles. The number of benzene rings is 3. The summed E-state index contributed by atoms with van der Waals surface area (Å²) < 4.78 is 10.7. The van der Waals surface area contributed by atoms with E-state index in [1.165, 1.54) is 48.6 Å². The van der Waals surface area contributed by atoms with E-state index < -0.39 is 0 Å². The molecule has 3 aromatic carbocycles. The van der Waals surface area contributed by atoms with Crippen LogP contribution < -0.4 is 118 Å². The maximum atomic E-state index is 10.7. The molecule has 3 rings (SSSR count). The summed E-state index contributed by atoms with van der Waals surface area (Å²) in [6, 6.07) is 13.5. The number of phenols is 4. The van der Waals surface area contributed by atoms with Crippen LogP contribution in [0.2, 0.25) is 0 Å². The van der Waals surface area contributed by atoms with Gasteiger partial charge in [-0.1, -0.05) is 41.9 Å². The summed E-state index contributed by atoms with van der Waals surface area (Å²) in [5.41, 5.74) is 1.55. The Labute approximate surface area is 420 Å². The van der Waals surface area contributed by atoms with Crippen LogP contribution in [0.5, 0.6) is 34.5 Å². The number of alkyl halides is 1. The van der Waals surface area contributed by atoms with Gasteiger partial charge in [0.25, 0.3) is 6.47 Å². The molecule has 4 N–H and O–H groups in total. The third kappa shape index (κ3) is 36.8. The van der Waals surface area contributed by atoms with E-state index in [4.69, 9.17) is 29.7 Å². The summed E-state index contributed by atoms with van der Waals surface area (Å²) in [7, 11) is 0. The number of allylic oxidation sites excluding steroid dienone is 1. The van der Waals surface area contributed by atoms with E-state index >= 15 is 0 Å². The summed E-state index contributed by atoms with van der Waals surface area (Å²) >= 11 is 10.6. The number of hydrogen-bond donors (Lipinski definition) is 4. The molecule has 0 unspecified atom stereocenters. The Bertz CT molecular complexity index is 1450. The van der Waals surface area contributed by atoms with E-state index in [0.29, 0.717) is 40.0 Å². The van der Waals surface area contributed by atoms with Crippen molar-refractivity contribution in [2.24, 2.45) is 0 Å². The monoisotopic (exact) mass is 1020 g/mol. The Balaban J connectivity index is -0.000000135. The minimum atomic E-state index is -0.274. The Morgan fingerprint density at radius 2 is 1.04 bits per heavy atom. The Kier molecular flexibility index (Phi) is 46.0. The third-order valence-electron chi connectivity index (χ3n) is 4.51. The molecule has 0 heterocycles. The average Bonchev–Trinajstić information content (AvgIpc) is 3.04. The minimum absolute atomic E-state index is 0. The molecular formula is C34H43Br3CuK2O12. The van der Waals surface area contributed by atoms with Crippen LogP contribution in [0, 0.1) is 0 Å². The van der Waals surface area contributed by atoms with E-state index in [1.807, 2.05) is 27.7 Å². The van der Waals surface area contributed by atoms with Crippen LogP contribution in [0.25, 0.3) is 6.08 Å². The van der Waals surface area contributed by atoms with Crippen LogP contribution in [-0.4, -0.2) is 62.3 Å². The summed E-state index contributed by atoms with van der Waals surface area (Å²) in [4.78, 5) is 43.1. The van der Waals surface area contributed by atoms with E-state index in [9.17, 15) is 24.6 Å². The molecule has 52 heavy (non-hydrogen) atoms. The Hall–Kier alpha value is -0.128. The molecule has 18 heteroatoms. The molecule has 0 radical (unpaired) electrons. The van der Waals surface area contributed by atoms with Gasteiger partial charge in [-0.2, -0.15) is 0 Å². The van der Waals surface area contributed by atoms with Gasteiger partial charge in [-0.3, -0.25) is 19.2 Å². The van der Waals surface area contributed by atoms with Gasteiger partial charge in [0.05, 0.1) is 12.2 Å². The second-order valence-electron chi connectivity index (χ2n) is 9.96. The number of aromatic hydroxyl groups is 4. The topological polar surface area (TPSA) is 200 Å². The van der Waals surface area contributed by atoms with Crippen molar-refractivity contribution in [1.82, 2.24) is 0 Å². The quantitative estimate of drug-likeness (QED) is 0.0462. The molecule has 0 saturated heterocycles. The largest absolute Gasteiger partial charge is 1.00 e. The van der Waals surface area contributed by atoms with Gasteiger partial charge in [-0.05, 0) is 94.8 Å². The van der Waals surface area contributed by atoms with Crippen molar-refractivity contribution in [3.63, 3.8) is 0 Å². The van der Waals surface area contributed by atoms with Crippen molar-refractivity contribution in [2.45, 2.75) is 65.5 Å². The van der Waals surface area contributed by atoms with Crippen LogP contribution in [0.1, 0.15) is 76.2 Å². The normalized spacial score (nSPS) is 9.19. The summed E-state index contributed by atoms with van der Waals surface area (Å²) in [5, 5.41) is 45.1. The van der Waals surface area contributed by atoms with Gasteiger partial charge in [0, 0.05) is 16.0 Å². The molecule has 0 saturated carbocycles. The zero-order chi connectivity index (χ0) is 39.2. The fourth-order valence-electron chi connectivity index (χ4n) is 2.78. The smallest absolute Gasteiger partial charge is 1.00 e. The van der Waals surface area contributed by atoms with E-state index in [-0.39, 0.29) is 152 Å². The maximum Gasteiger partial charge on any atom is 1.00 e. The van der Waals surface area contributed by atoms with Gasteiger partial charge in [0.15, 0.2) is 40.3 Å². The number of ether oxygens (including phenoxy) is 2. The van der Waals surface area contributed by atoms with E-state index in [1.54, 1.807) is 36.4 Å². The molecule has 0 bridgehead atoms. The number of aldehydes is 2. The van der Waals surface area contributed by atoms with Gasteiger partial charge in [-0.15, -0.1) is 0 Å². The van der Waals surface area contributed by atoms with Gasteiger partial charge in [-0.25, -0.2) is 0 Å². The number of carbonyl (C=O) groups excluding carboxylic acids is 4. The van der Waals surface area contributed by atoms with E-state index in [2.05, 4.69) is 62.9 Å². The van der Waals surface area contributed by atoms with Gasteiger partial charge in [0.1, 0.15) is 12.6 Å². The van der Waals surface area contributed by atoms with Crippen LogP contribution in [0.15, 0.2) is 60.7 Å². The molecule has 285 valence electrons. The van der Waals surface area contributed by atoms with Crippen molar-refractivity contribution < 1.29 is 175 Å². The second kappa shape index (κ2) is 39.1. The minimum Gasteiger partial charge on any atom is -1.00 e. The molecular weight excluding hydrogens is 982 g/mol. The van der Waals surface area contributed by atoms with Crippen LogP contribution in [0.4, 0.5) is 0 Å². The van der Waals surface area contributed by atoms with Crippen LogP contribution in [0.3, 0.4) is 0 Å². The van der Waals surface area contributed by atoms with E-state index in [0.717, 1.165) is 5.56 Å². The molecule has 0 fully saturated rings. The van der Waals surface area contributed by atoms with Crippen molar-refractivity contribution in [1.29, 1.82) is 0 Å². The Morgan fingerprint density at radius 3 is 1.33 bits per heavy atom. The molecule has 0 aliphatic heterocycles. The van der Waals surface area contributed by atoms with Crippen molar-refractivity contribution in [3.8, 4) is 34.5 Å². The van der Waals surface area contributed by atoms with Crippen LogP contribution in [-0.2, 0) is 25.8 Å². The third-order valence-corrected chi connectivity index (χ3v) is 4.51. The predicted octanol–water partition coefficient (Wildman–Crippen LogP) is 1.72. The first-order valence-electron chi connectivity index (χ1n) is 14.2. The first kappa shape index (κ1) is 61.1. The van der Waals surface area contributed by atoms with Gasteiger partial charge in [0.2, 0.25) is 0 Å². The summed E-state index contributed by atoms with van der Waals surface area (Å²) in [5.74, 6) is 0.422. The summed E-state index contributed by atoms with van der Waals surface area (Å²) in [6.45, 7) is 13.0. The Morgan fingerprint density at radius 1 is 0.712 bits per heavy atom. The number of hydrogen-bond acceptors (Lipinski definition) is 12. The predicted molar refractivity (Wildman–Crippen MR) is 198 cm³/mol. The zero-order valence-corrected chi connectivity index (χ0v) is 42.3. The molecule has 0 aliphatic carbocycles. The first-order valence-corrected chi connectivity index (χ1v) is 19.8. The number of rotatable bonds is 9. The molecule has 0 amide bonds.